The highest BCUT2D eigenvalue weighted by molar-refractivity contribution is 7.91. The fourth-order valence-corrected chi connectivity index (χ4v) is 3.06. The number of Topliss-reactive ketones (excluding diaryl/α,β-unsaturated/α-hetero) is 1. The summed E-state index contributed by atoms with van der Waals surface area (Å²) in [5.41, 5.74) is 0.433. The summed E-state index contributed by atoms with van der Waals surface area (Å²) in [4.78, 5) is 13.5. The highest BCUT2D eigenvalue weighted by Gasteiger charge is 2.14. The van der Waals surface area contributed by atoms with Crippen LogP contribution in [-0.2, 0) is 9.84 Å². The van der Waals surface area contributed by atoms with Gasteiger partial charge in [-0.15, -0.1) is 11.6 Å². The maximum Gasteiger partial charge on any atom is 0.178 e. The molecule has 0 aromatic heterocycles. The van der Waals surface area contributed by atoms with Gasteiger partial charge in [0.15, 0.2) is 15.6 Å². The number of carbonyl (C=O) groups excluding carboxylic acids is 1. The molecule has 0 saturated carbocycles. The van der Waals surface area contributed by atoms with Crippen molar-refractivity contribution >= 4 is 27.2 Å². The van der Waals surface area contributed by atoms with Crippen LogP contribution in [-0.4, -0.2) is 51.4 Å². The molecule has 0 spiro atoms. The SMILES string of the molecule is CN(C)CCCS(=O)(=O)c1ccc(C(=O)CCl)cc1. The Morgan fingerprint density at radius 2 is 1.79 bits per heavy atom. The molecule has 106 valence electrons. The molecule has 19 heavy (non-hydrogen) atoms. The molecule has 0 saturated heterocycles. The summed E-state index contributed by atoms with van der Waals surface area (Å²) >= 11 is 5.44. The van der Waals surface area contributed by atoms with Crippen molar-refractivity contribution < 1.29 is 13.2 Å². The van der Waals surface area contributed by atoms with E-state index in [9.17, 15) is 13.2 Å². The molecule has 0 N–H and O–H groups in total. The Labute approximate surface area is 119 Å². The van der Waals surface area contributed by atoms with E-state index in [1.807, 2.05) is 19.0 Å². The second-order valence-corrected chi connectivity index (χ2v) is 6.93. The van der Waals surface area contributed by atoms with Gasteiger partial charge in [-0.3, -0.25) is 4.79 Å². The van der Waals surface area contributed by atoms with Crippen LogP contribution in [0.4, 0.5) is 0 Å². The molecule has 0 aliphatic rings. The summed E-state index contributed by atoms with van der Waals surface area (Å²) in [6, 6.07) is 5.93. The number of rotatable bonds is 7. The average Bonchev–Trinajstić information content (AvgIpc) is 2.37. The first kappa shape index (κ1) is 16.1. The maximum atomic E-state index is 12.0. The first-order chi connectivity index (χ1) is 8.86. The molecule has 0 bridgehead atoms. The van der Waals surface area contributed by atoms with Gasteiger partial charge in [-0.1, -0.05) is 12.1 Å². The molecular formula is C13H18ClNO3S. The van der Waals surface area contributed by atoms with Gasteiger partial charge in [0.1, 0.15) is 0 Å². The molecule has 0 amide bonds. The zero-order chi connectivity index (χ0) is 14.5. The molecule has 0 aliphatic heterocycles. The van der Waals surface area contributed by atoms with Crippen molar-refractivity contribution in [3.63, 3.8) is 0 Å². The van der Waals surface area contributed by atoms with E-state index in [1.54, 1.807) is 0 Å². The van der Waals surface area contributed by atoms with E-state index in [4.69, 9.17) is 11.6 Å². The number of halogens is 1. The third kappa shape index (κ3) is 4.93. The highest BCUT2D eigenvalue weighted by Crippen LogP contribution is 2.14. The number of carbonyl (C=O) groups is 1. The van der Waals surface area contributed by atoms with Gasteiger partial charge in [0, 0.05) is 5.56 Å². The summed E-state index contributed by atoms with van der Waals surface area (Å²) in [6.45, 7) is 0.724. The molecule has 0 radical (unpaired) electrons. The van der Waals surface area contributed by atoms with Crippen LogP contribution in [0.15, 0.2) is 29.2 Å². The van der Waals surface area contributed by atoms with Gasteiger partial charge in [0.2, 0.25) is 0 Å². The van der Waals surface area contributed by atoms with Gasteiger partial charge in [0.05, 0.1) is 16.5 Å². The molecule has 1 aromatic carbocycles. The van der Waals surface area contributed by atoms with Crippen LogP contribution < -0.4 is 0 Å². The summed E-state index contributed by atoms with van der Waals surface area (Å²) in [6.07, 6.45) is 0.581. The van der Waals surface area contributed by atoms with Crippen molar-refractivity contribution in [1.82, 2.24) is 4.90 Å². The van der Waals surface area contributed by atoms with Gasteiger partial charge in [-0.25, -0.2) is 8.42 Å². The number of ketones is 1. The number of hydrogen-bond donors (Lipinski definition) is 0. The minimum atomic E-state index is -3.28. The molecule has 0 aliphatic carbocycles. The van der Waals surface area contributed by atoms with E-state index in [-0.39, 0.29) is 22.3 Å². The van der Waals surface area contributed by atoms with Crippen LogP contribution in [0.2, 0.25) is 0 Å². The van der Waals surface area contributed by atoms with E-state index in [1.165, 1.54) is 24.3 Å². The number of hydrogen-bond acceptors (Lipinski definition) is 4. The second kappa shape index (κ2) is 7.03. The normalized spacial score (nSPS) is 11.8. The summed E-state index contributed by atoms with van der Waals surface area (Å²) in [7, 11) is 0.528. The highest BCUT2D eigenvalue weighted by atomic mass is 35.5. The van der Waals surface area contributed by atoms with E-state index in [0.717, 1.165) is 6.54 Å². The Bertz CT molecular complexity index is 523. The Hall–Kier alpha value is -0.910. The maximum absolute atomic E-state index is 12.0. The lowest BCUT2D eigenvalue weighted by Gasteiger charge is -2.09. The quantitative estimate of drug-likeness (QED) is 0.570. The van der Waals surface area contributed by atoms with Crippen molar-refractivity contribution in [2.24, 2.45) is 0 Å². The van der Waals surface area contributed by atoms with Gasteiger partial charge in [0.25, 0.3) is 0 Å². The smallest absolute Gasteiger partial charge is 0.178 e. The predicted molar refractivity (Wildman–Crippen MR) is 76.7 cm³/mol. The van der Waals surface area contributed by atoms with Crippen LogP contribution in [0.5, 0.6) is 0 Å². The summed E-state index contributed by atoms with van der Waals surface area (Å²) in [5, 5.41) is 0. The van der Waals surface area contributed by atoms with E-state index in [0.29, 0.717) is 12.0 Å². The Morgan fingerprint density at radius 3 is 2.26 bits per heavy atom. The van der Waals surface area contributed by atoms with E-state index >= 15 is 0 Å². The fraction of sp³-hybridized carbons (Fsp3) is 0.462. The molecule has 0 fully saturated rings. The van der Waals surface area contributed by atoms with Crippen molar-refractivity contribution in [2.45, 2.75) is 11.3 Å². The predicted octanol–water partition coefficient (Wildman–Crippen LogP) is 1.83. The lowest BCUT2D eigenvalue weighted by atomic mass is 10.1. The summed E-state index contributed by atoms with van der Waals surface area (Å²) in [5.74, 6) is -0.207. The Morgan fingerprint density at radius 1 is 1.21 bits per heavy atom. The van der Waals surface area contributed by atoms with Gasteiger partial charge in [-0.2, -0.15) is 0 Å². The van der Waals surface area contributed by atoms with Gasteiger partial charge >= 0.3 is 0 Å². The number of nitrogens with zero attached hydrogens (tertiary/aromatic N) is 1. The molecule has 0 heterocycles. The standard InChI is InChI=1S/C13H18ClNO3S/c1-15(2)8-3-9-19(17,18)12-6-4-11(5-7-12)13(16)10-14/h4-7H,3,8-10H2,1-2H3. The molecule has 1 aromatic rings. The van der Waals surface area contributed by atoms with Crippen LogP contribution in [0.25, 0.3) is 0 Å². The first-order valence-electron chi connectivity index (χ1n) is 5.93. The zero-order valence-electron chi connectivity index (χ0n) is 11.1. The largest absolute Gasteiger partial charge is 0.309 e. The monoisotopic (exact) mass is 303 g/mol. The Kier molecular flexibility index (Phi) is 5.97. The van der Waals surface area contributed by atoms with Crippen LogP contribution >= 0.6 is 11.6 Å². The minimum absolute atomic E-state index is 0.102. The lowest BCUT2D eigenvalue weighted by molar-refractivity contribution is 0.102. The van der Waals surface area contributed by atoms with Crippen molar-refractivity contribution in [3.8, 4) is 0 Å². The molecule has 0 atom stereocenters. The van der Waals surface area contributed by atoms with E-state index in [2.05, 4.69) is 0 Å². The van der Waals surface area contributed by atoms with Crippen molar-refractivity contribution in [1.29, 1.82) is 0 Å². The fourth-order valence-electron chi connectivity index (χ4n) is 1.61. The number of sulfone groups is 1. The zero-order valence-corrected chi connectivity index (χ0v) is 12.7. The molecular weight excluding hydrogens is 286 g/mol. The third-order valence-electron chi connectivity index (χ3n) is 2.68. The van der Waals surface area contributed by atoms with Crippen LogP contribution in [0.1, 0.15) is 16.8 Å². The van der Waals surface area contributed by atoms with Gasteiger partial charge in [-0.05, 0) is 39.2 Å². The van der Waals surface area contributed by atoms with Crippen LogP contribution in [0, 0.1) is 0 Å². The van der Waals surface area contributed by atoms with Crippen molar-refractivity contribution in [3.05, 3.63) is 29.8 Å². The molecule has 4 nitrogen and oxygen atoms in total. The third-order valence-corrected chi connectivity index (χ3v) is 4.73. The molecule has 1 rings (SSSR count). The van der Waals surface area contributed by atoms with Crippen molar-refractivity contribution in [2.75, 3.05) is 32.3 Å². The topological polar surface area (TPSA) is 54.5 Å². The Balaban J connectivity index is 2.76. The van der Waals surface area contributed by atoms with E-state index < -0.39 is 9.84 Å². The minimum Gasteiger partial charge on any atom is -0.309 e. The first-order valence-corrected chi connectivity index (χ1v) is 8.12. The summed E-state index contributed by atoms with van der Waals surface area (Å²) < 4.78 is 24.1. The lowest BCUT2D eigenvalue weighted by Crippen LogP contribution is -2.17. The average molecular weight is 304 g/mol. The second-order valence-electron chi connectivity index (χ2n) is 4.56. The molecule has 6 heteroatoms. The molecule has 0 unspecified atom stereocenters. The van der Waals surface area contributed by atoms with Gasteiger partial charge < -0.3 is 4.90 Å². The number of alkyl halides is 1. The van der Waals surface area contributed by atoms with Crippen LogP contribution in [0.3, 0.4) is 0 Å². The number of benzene rings is 1.